The van der Waals surface area contributed by atoms with Gasteiger partial charge >= 0.3 is 0 Å². The topological polar surface area (TPSA) is 54.5 Å². The van der Waals surface area contributed by atoms with Crippen LogP contribution in [0.15, 0.2) is 41.1 Å². The Kier molecular flexibility index (Phi) is 2.80. The molecule has 0 aliphatic rings. The van der Waals surface area contributed by atoms with Crippen molar-refractivity contribution in [3.8, 4) is 17.3 Å². The fraction of sp³-hybridized carbons (Fsp3) is 0.0714. The lowest BCUT2D eigenvalue weighted by molar-refractivity contribution is 0.775. The lowest BCUT2D eigenvalue weighted by atomic mass is 10.0. The van der Waals surface area contributed by atoms with Gasteiger partial charge in [0.05, 0.1) is 33.5 Å². The summed E-state index contributed by atoms with van der Waals surface area (Å²) in [6.45, 7) is 0. The first-order valence-corrected chi connectivity index (χ1v) is 6.47. The lowest BCUT2D eigenvalue weighted by Gasteiger charge is -2.07. The molecule has 1 aromatic carbocycles. The Hall–Kier alpha value is -2.19. The van der Waals surface area contributed by atoms with Gasteiger partial charge < -0.3 is 0 Å². The molecule has 0 saturated carbocycles. The van der Waals surface area contributed by atoms with Crippen molar-refractivity contribution in [1.82, 2.24) is 14.8 Å². The summed E-state index contributed by atoms with van der Waals surface area (Å²) < 4.78 is 2.61. The van der Waals surface area contributed by atoms with E-state index in [4.69, 9.17) is 0 Å². The van der Waals surface area contributed by atoms with Crippen LogP contribution >= 0.6 is 15.9 Å². The highest BCUT2D eigenvalue weighted by Crippen LogP contribution is 2.32. The zero-order valence-corrected chi connectivity index (χ0v) is 11.7. The zero-order valence-electron chi connectivity index (χ0n) is 10.1. The second kappa shape index (κ2) is 4.48. The fourth-order valence-electron chi connectivity index (χ4n) is 2.12. The molecule has 0 amide bonds. The molecule has 0 aliphatic heterocycles. The van der Waals surface area contributed by atoms with Crippen LogP contribution in [0.5, 0.6) is 0 Å². The van der Waals surface area contributed by atoms with Crippen LogP contribution in [-0.2, 0) is 7.05 Å². The fourth-order valence-corrected chi connectivity index (χ4v) is 2.68. The van der Waals surface area contributed by atoms with Crippen molar-refractivity contribution in [2.24, 2.45) is 7.05 Å². The van der Waals surface area contributed by atoms with Crippen molar-refractivity contribution in [2.75, 3.05) is 0 Å². The molecule has 3 aromatic rings. The molecule has 0 atom stereocenters. The van der Waals surface area contributed by atoms with Gasteiger partial charge in [-0.15, -0.1) is 0 Å². The standard InChI is InChI=1S/C14H9BrN4/c1-19-14(12(15)8-18-19)11-6-13-9(3-2-4-17-13)5-10(11)7-16/h2-6,8H,1H3. The van der Waals surface area contributed by atoms with Crippen LogP contribution in [0.25, 0.3) is 22.2 Å². The summed E-state index contributed by atoms with van der Waals surface area (Å²) in [4.78, 5) is 4.33. The first-order chi connectivity index (χ1) is 9.20. The number of aromatic nitrogens is 3. The van der Waals surface area contributed by atoms with E-state index in [0.29, 0.717) is 5.56 Å². The van der Waals surface area contributed by atoms with E-state index >= 15 is 0 Å². The van der Waals surface area contributed by atoms with Crippen LogP contribution < -0.4 is 0 Å². The Bertz CT molecular complexity index is 794. The third-order valence-electron chi connectivity index (χ3n) is 3.01. The number of aryl methyl sites for hydroxylation is 1. The normalized spacial score (nSPS) is 10.6. The number of pyridine rings is 1. The van der Waals surface area contributed by atoms with E-state index in [0.717, 1.165) is 26.6 Å². The van der Waals surface area contributed by atoms with Crippen molar-refractivity contribution >= 4 is 26.8 Å². The highest BCUT2D eigenvalue weighted by Gasteiger charge is 2.14. The maximum Gasteiger partial charge on any atom is 0.0999 e. The summed E-state index contributed by atoms with van der Waals surface area (Å²) in [5, 5.41) is 14.5. The number of fused-ring (bicyclic) bond motifs is 1. The zero-order chi connectivity index (χ0) is 13.4. The maximum atomic E-state index is 9.34. The second-order valence-corrected chi connectivity index (χ2v) is 5.02. The molecule has 4 nitrogen and oxygen atoms in total. The van der Waals surface area contributed by atoms with Gasteiger partial charge in [0.2, 0.25) is 0 Å². The first-order valence-electron chi connectivity index (χ1n) is 5.67. The van der Waals surface area contributed by atoms with E-state index in [1.807, 2.05) is 31.3 Å². The number of hydrogen-bond donors (Lipinski definition) is 0. The SMILES string of the molecule is Cn1ncc(Br)c1-c1cc2ncccc2cc1C#N. The number of nitrogens with zero attached hydrogens (tertiary/aromatic N) is 4. The molecule has 0 bridgehead atoms. The van der Waals surface area contributed by atoms with Gasteiger partial charge in [0, 0.05) is 24.2 Å². The molecule has 3 rings (SSSR count). The highest BCUT2D eigenvalue weighted by molar-refractivity contribution is 9.10. The van der Waals surface area contributed by atoms with Gasteiger partial charge in [-0.05, 0) is 34.1 Å². The highest BCUT2D eigenvalue weighted by atomic mass is 79.9. The van der Waals surface area contributed by atoms with Gasteiger partial charge in [-0.2, -0.15) is 10.4 Å². The third kappa shape index (κ3) is 1.90. The lowest BCUT2D eigenvalue weighted by Crippen LogP contribution is -1.96. The largest absolute Gasteiger partial charge is 0.267 e. The Morgan fingerprint density at radius 1 is 1.37 bits per heavy atom. The Labute approximate surface area is 118 Å². The van der Waals surface area contributed by atoms with Gasteiger partial charge in [0.25, 0.3) is 0 Å². The van der Waals surface area contributed by atoms with Crippen molar-refractivity contribution in [1.29, 1.82) is 5.26 Å². The molecule has 92 valence electrons. The average Bonchev–Trinajstić information content (AvgIpc) is 2.76. The molecule has 0 saturated heterocycles. The van der Waals surface area contributed by atoms with Crippen molar-refractivity contribution < 1.29 is 0 Å². The van der Waals surface area contributed by atoms with E-state index in [-0.39, 0.29) is 0 Å². The summed E-state index contributed by atoms with van der Waals surface area (Å²) in [5.41, 5.74) is 3.19. The Morgan fingerprint density at radius 2 is 2.21 bits per heavy atom. The monoisotopic (exact) mass is 312 g/mol. The quantitative estimate of drug-likeness (QED) is 0.693. The Balaban J connectivity index is 2.38. The van der Waals surface area contributed by atoms with Gasteiger partial charge in [-0.3, -0.25) is 9.67 Å². The molecule has 0 aliphatic carbocycles. The van der Waals surface area contributed by atoms with Gasteiger partial charge in [-0.1, -0.05) is 6.07 Å². The van der Waals surface area contributed by atoms with Crippen LogP contribution in [0.3, 0.4) is 0 Å². The van der Waals surface area contributed by atoms with Crippen molar-refractivity contribution in [3.63, 3.8) is 0 Å². The molecule has 0 unspecified atom stereocenters. The average molecular weight is 313 g/mol. The summed E-state index contributed by atoms with van der Waals surface area (Å²) in [6, 6.07) is 9.84. The number of halogens is 1. The van der Waals surface area contributed by atoms with E-state index in [1.165, 1.54) is 0 Å². The molecule has 19 heavy (non-hydrogen) atoms. The third-order valence-corrected chi connectivity index (χ3v) is 3.59. The molecule has 5 heteroatoms. The smallest absolute Gasteiger partial charge is 0.0999 e. The molecule has 2 aromatic heterocycles. The summed E-state index contributed by atoms with van der Waals surface area (Å²) in [7, 11) is 1.85. The molecular weight excluding hydrogens is 304 g/mol. The maximum absolute atomic E-state index is 9.34. The molecule has 0 N–H and O–H groups in total. The van der Waals surface area contributed by atoms with E-state index < -0.39 is 0 Å². The predicted octanol–water partition coefficient (Wildman–Crippen LogP) is 3.27. The van der Waals surface area contributed by atoms with Crippen LogP contribution in [0.4, 0.5) is 0 Å². The van der Waals surface area contributed by atoms with Gasteiger partial charge in [0.15, 0.2) is 0 Å². The molecule has 0 fully saturated rings. The molecule has 2 heterocycles. The predicted molar refractivity (Wildman–Crippen MR) is 76.4 cm³/mol. The van der Waals surface area contributed by atoms with Crippen molar-refractivity contribution in [3.05, 3.63) is 46.7 Å². The summed E-state index contributed by atoms with van der Waals surface area (Å²) >= 11 is 3.47. The summed E-state index contributed by atoms with van der Waals surface area (Å²) in [6.07, 6.45) is 3.47. The number of rotatable bonds is 1. The van der Waals surface area contributed by atoms with E-state index in [9.17, 15) is 5.26 Å². The number of nitriles is 1. The molecule has 0 spiro atoms. The molecular formula is C14H9BrN4. The van der Waals surface area contributed by atoms with Crippen LogP contribution in [0, 0.1) is 11.3 Å². The van der Waals surface area contributed by atoms with Crippen molar-refractivity contribution in [2.45, 2.75) is 0 Å². The minimum Gasteiger partial charge on any atom is -0.267 e. The van der Waals surface area contributed by atoms with Gasteiger partial charge in [0.1, 0.15) is 0 Å². The van der Waals surface area contributed by atoms with E-state index in [2.05, 4.69) is 32.1 Å². The molecule has 0 radical (unpaired) electrons. The van der Waals surface area contributed by atoms with E-state index in [1.54, 1.807) is 17.1 Å². The minimum absolute atomic E-state index is 0.616. The number of benzene rings is 1. The summed E-state index contributed by atoms with van der Waals surface area (Å²) in [5.74, 6) is 0. The number of hydrogen-bond acceptors (Lipinski definition) is 3. The Morgan fingerprint density at radius 3 is 2.89 bits per heavy atom. The first kappa shape index (κ1) is 11.9. The van der Waals surface area contributed by atoms with Crippen LogP contribution in [0.1, 0.15) is 5.56 Å². The van der Waals surface area contributed by atoms with Gasteiger partial charge in [-0.25, -0.2) is 0 Å². The minimum atomic E-state index is 0.616. The van der Waals surface area contributed by atoms with Crippen LogP contribution in [-0.4, -0.2) is 14.8 Å². The second-order valence-electron chi connectivity index (χ2n) is 4.17. The van der Waals surface area contributed by atoms with Crippen LogP contribution in [0.2, 0.25) is 0 Å².